The van der Waals surface area contributed by atoms with Crippen LogP contribution in [0.1, 0.15) is 38.0 Å². The van der Waals surface area contributed by atoms with E-state index in [9.17, 15) is 9.59 Å². The van der Waals surface area contributed by atoms with Gasteiger partial charge in [-0.05, 0) is 69.0 Å². The van der Waals surface area contributed by atoms with Gasteiger partial charge in [-0.1, -0.05) is 6.42 Å². The zero-order valence-corrected chi connectivity index (χ0v) is 16.7. The maximum atomic E-state index is 12.3. The van der Waals surface area contributed by atoms with Crippen LogP contribution in [0.3, 0.4) is 0 Å². The number of amides is 2. The molecule has 4 rings (SSSR count). The summed E-state index contributed by atoms with van der Waals surface area (Å²) >= 11 is 0. The molecule has 1 aromatic carbocycles. The minimum atomic E-state index is -0.650. The summed E-state index contributed by atoms with van der Waals surface area (Å²) < 4.78 is 5.38. The maximum absolute atomic E-state index is 12.3. The van der Waals surface area contributed by atoms with E-state index >= 15 is 0 Å². The number of nitrogens with zero attached hydrogens (tertiary/aromatic N) is 3. The first-order chi connectivity index (χ1) is 14.1. The van der Waals surface area contributed by atoms with Crippen LogP contribution in [0.15, 0.2) is 28.7 Å². The Morgan fingerprint density at radius 1 is 1.07 bits per heavy atom. The Balaban J connectivity index is 1.28. The summed E-state index contributed by atoms with van der Waals surface area (Å²) in [5.74, 6) is 0.0981. The first-order valence-corrected chi connectivity index (χ1v) is 10.3. The molecule has 2 amide bonds. The number of rotatable bonds is 4. The van der Waals surface area contributed by atoms with Gasteiger partial charge < -0.3 is 20.0 Å². The van der Waals surface area contributed by atoms with E-state index in [2.05, 4.69) is 25.7 Å². The molecule has 8 nitrogen and oxygen atoms in total. The minimum Gasteiger partial charge on any atom is -0.421 e. The van der Waals surface area contributed by atoms with E-state index in [1.165, 1.54) is 19.3 Å². The molecule has 0 aliphatic carbocycles. The molecule has 2 atom stereocenters. The second-order valence-corrected chi connectivity index (χ2v) is 7.87. The van der Waals surface area contributed by atoms with E-state index in [0.717, 1.165) is 31.5 Å². The van der Waals surface area contributed by atoms with E-state index in [4.69, 9.17) is 4.42 Å². The summed E-state index contributed by atoms with van der Waals surface area (Å²) in [6.45, 7) is 4.61. The number of aromatic nitrogens is 2. The second kappa shape index (κ2) is 8.73. The van der Waals surface area contributed by atoms with Crippen molar-refractivity contribution in [1.29, 1.82) is 0 Å². The number of carbonyl (C=O) groups is 2. The molecule has 29 heavy (non-hydrogen) atoms. The molecule has 154 valence electrons. The number of anilines is 1. The smallest absolute Gasteiger partial charge is 0.313 e. The minimum absolute atomic E-state index is 0.419. The molecular weight excluding hydrogens is 370 g/mol. The van der Waals surface area contributed by atoms with Crippen LogP contribution >= 0.6 is 0 Å². The highest BCUT2D eigenvalue weighted by Gasteiger charge is 2.33. The fourth-order valence-corrected chi connectivity index (χ4v) is 4.42. The summed E-state index contributed by atoms with van der Waals surface area (Å²) in [5.41, 5.74) is 1.30. The van der Waals surface area contributed by atoms with Crippen molar-refractivity contribution < 1.29 is 14.0 Å². The highest BCUT2D eigenvalue weighted by atomic mass is 16.4. The summed E-state index contributed by atoms with van der Waals surface area (Å²) in [6.07, 6.45) is 5.99. The third-order valence-electron chi connectivity index (χ3n) is 5.88. The Labute approximate surface area is 170 Å². The van der Waals surface area contributed by atoms with Crippen molar-refractivity contribution in [2.45, 2.75) is 45.1 Å². The molecule has 1 aromatic heterocycles. The number of piperidine rings is 2. The van der Waals surface area contributed by atoms with Crippen LogP contribution in [0, 0.1) is 12.8 Å². The molecular formula is C21H27N5O3. The van der Waals surface area contributed by atoms with Gasteiger partial charge in [0.05, 0.1) is 0 Å². The van der Waals surface area contributed by atoms with Gasteiger partial charge in [0.25, 0.3) is 0 Å². The van der Waals surface area contributed by atoms with Crippen LogP contribution in [-0.2, 0) is 9.59 Å². The molecule has 0 unspecified atom stereocenters. The van der Waals surface area contributed by atoms with Gasteiger partial charge in [0.2, 0.25) is 11.8 Å². The lowest BCUT2D eigenvalue weighted by Gasteiger charge is -2.44. The van der Waals surface area contributed by atoms with Crippen molar-refractivity contribution in [1.82, 2.24) is 20.4 Å². The third kappa shape index (κ3) is 4.64. The van der Waals surface area contributed by atoms with Crippen LogP contribution in [0.25, 0.3) is 11.5 Å². The van der Waals surface area contributed by atoms with Crippen LogP contribution in [0.5, 0.6) is 0 Å². The number of fused-ring (bicyclic) bond motifs is 1. The zero-order valence-electron chi connectivity index (χ0n) is 16.7. The molecule has 2 saturated heterocycles. The summed E-state index contributed by atoms with van der Waals surface area (Å²) in [4.78, 5) is 27.1. The molecule has 2 fully saturated rings. The zero-order chi connectivity index (χ0) is 20.2. The van der Waals surface area contributed by atoms with Gasteiger partial charge in [-0.2, -0.15) is 0 Å². The van der Waals surface area contributed by atoms with E-state index in [0.29, 0.717) is 36.0 Å². The van der Waals surface area contributed by atoms with Crippen molar-refractivity contribution in [2.75, 3.05) is 25.0 Å². The van der Waals surface area contributed by atoms with Crippen molar-refractivity contribution in [3.63, 3.8) is 0 Å². The molecule has 3 heterocycles. The normalized spacial score (nSPS) is 22.0. The SMILES string of the molecule is Cc1nnc(-c2ccc(NC(=O)C(=O)NC[C@H]3CCCN4CCCC[C@H]34)cc2)o1. The van der Waals surface area contributed by atoms with E-state index in [-0.39, 0.29) is 0 Å². The van der Waals surface area contributed by atoms with Crippen molar-refractivity contribution in [3.8, 4) is 11.5 Å². The van der Waals surface area contributed by atoms with E-state index in [1.54, 1.807) is 31.2 Å². The number of hydrogen-bond donors (Lipinski definition) is 2. The summed E-state index contributed by atoms with van der Waals surface area (Å²) in [6, 6.07) is 7.49. The Morgan fingerprint density at radius 2 is 1.86 bits per heavy atom. The molecule has 0 saturated carbocycles. The summed E-state index contributed by atoms with van der Waals surface area (Å²) in [7, 11) is 0. The van der Waals surface area contributed by atoms with Gasteiger partial charge in [0.15, 0.2) is 0 Å². The van der Waals surface area contributed by atoms with E-state index in [1.807, 2.05) is 0 Å². The van der Waals surface area contributed by atoms with E-state index < -0.39 is 11.8 Å². The first kappa shape index (κ1) is 19.6. The number of hydrogen-bond acceptors (Lipinski definition) is 6. The van der Waals surface area contributed by atoms with Gasteiger partial charge in [-0.15, -0.1) is 10.2 Å². The monoisotopic (exact) mass is 397 g/mol. The topological polar surface area (TPSA) is 100 Å². The molecule has 2 N–H and O–H groups in total. The fourth-order valence-electron chi connectivity index (χ4n) is 4.42. The average molecular weight is 397 g/mol. The largest absolute Gasteiger partial charge is 0.421 e. The third-order valence-corrected chi connectivity index (χ3v) is 5.88. The van der Waals surface area contributed by atoms with Gasteiger partial charge in [-0.25, -0.2) is 0 Å². The Hall–Kier alpha value is -2.74. The molecule has 8 heteroatoms. The van der Waals surface area contributed by atoms with Crippen molar-refractivity contribution >= 4 is 17.5 Å². The lowest BCUT2D eigenvalue weighted by Crippen LogP contribution is -2.51. The highest BCUT2D eigenvalue weighted by Crippen LogP contribution is 2.30. The number of benzene rings is 1. The molecule has 2 aliphatic heterocycles. The Kier molecular flexibility index (Phi) is 5.89. The fraction of sp³-hybridized carbons (Fsp3) is 0.524. The predicted octanol–water partition coefficient (Wildman–Crippen LogP) is 2.36. The molecule has 0 radical (unpaired) electrons. The Morgan fingerprint density at radius 3 is 2.62 bits per heavy atom. The average Bonchev–Trinajstić information content (AvgIpc) is 3.18. The van der Waals surface area contributed by atoms with Crippen LogP contribution in [0.4, 0.5) is 5.69 Å². The highest BCUT2D eigenvalue weighted by molar-refractivity contribution is 6.39. The predicted molar refractivity (Wildman–Crippen MR) is 108 cm³/mol. The summed E-state index contributed by atoms with van der Waals surface area (Å²) in [5, 5.41) is 13.2. The molecule has 2 aromatic rings. The number of nitrogens with one attached hydrogen (secondary N) is 2. The number of carbonyl (C=O) groups excluding carboxylic acids is 2. The standard InChI is InChI=1S/C21H27N5O3/c1-14-24-25-21(29-14)15-7-9-17(10-8-15)23-20(28)19(27)22-13-16-5-4-12-26-11-3-2-6-18(16)26/h7-10,16,18H,2-6,11-13H2,1H3,(H,22,27)(H,23,28)/t16-,18-/m1/s1. The van der Waals surface area contributed by atoms with Crippen molar-refractivity contribution in [3.05, 3.63) is 30.2 Å². The molecule has 2 aliphatic rings. The van der Waals surface area contributed by atoms with Gasteiger partial charge in [0.1, 0.15) is 0 Å². The van der Waals surface area contributed by atoms with Crippen molar-refractivity contribution in [2.24, 2.45) is 5.92 Å². The Bertz CT molecular complexity index is 861. The number of aryl methyl sites for hydroxylation is 1. The van der Waals surface area contributed by atoms with Crippen LogP contribution in [-0.4, -0.2) is 52.6 Å². The van der Waals surface area contributed by atoms with Crippen LogP contribution < -0.4 is 10.6 Å². The van der Waals surface area contributed by atoms with Crippen LogP contribution in [0.2, 0.25) is 0 Å². The quantitative estimate of drug-likeness (QED) is 0.768. The maximum Gasteiger partial charge on any atom is 0.313 e. The first-order valence-electron chi connectivity index (χ1n) is 10.3. The van der Waals surface area contributed by atoms with Gasteiger partial charge >= 0.3 is 11.8 Å². The second-order valence-electron chi connectivity index (χ2n) is 7.87. The lowest BCUT2D eigenvalue weighted by atomic mass is 9.83. The molecule has 0 bridgehead atoms. The molecule has 0 spiro atoms. The van der Waals surface area contributed by atoms with Gasteiger partial charge in [0, 0.05) is 30.8 Å². The lowest BCUT2D eigenvalue weighted by molar-refractivity contribution is -0.136. The van der Waals surface area contributed by atoms with Gasteiger partial charge in [-0.3, -0.25) is 9.59 Å².